The van der Waals surface area contributed by atoms with Crippen LogP contribution in [0.1, 0.15) is 5.76 Å². The Morgan fingerprint density at radius 2 is 2.29 bits per heavy atom. The molecule has 72 valence electrons. The smallest absolute Gasteiger partial charge is 0.155 e. The SMILES string of the molecule is Nc1cccc(NCc2ccno2)n1. The molecule has 5 nitrogen and oxygen atoms in total. The Kier molecular flexibility index (Phi) is 2.31. The predicted octanol–water partition coefficient (Wildman–Crippen LogP) is 1.26. The Labute approximate surface area is 80.9 Å². The van der Waals surface area contributed by atoms with Crippen molar-refractivity contribution >= 4 is 11.6 Å². The van der Waals surface area contributed by atoms with Crippen LogP contribution in [-0.4, -0.2) is 10.1 Å². The van der Waals surface area contributed by atoms with E-state index in [1.54, 1.807) is 18.3 Å². The first-order chi connectivity index (χ1) is 6.84. The highest BCUT2D eigenvalue weighted by Crippen LogP contribution is 2.07. The molecule has 0 amide bonds. The van der Waals surface area contributed by atoms with Crippen LogP contribution in [0.4, 0.5) is 11.6 Å². The maximum Gasteiger partial charge on any atom is 0.155 e. The number of rotatable bonds is 3. The van der Waals surface area contributed by atoms with Crippen molar-refractivity contribution in [3.05, 3.63) is 36.2 Å². The van der Waals surface area contributed by atoms with Crippen molar-refractivity contribution in [2.45, 2.75) is 6.54 Å². The third kappa shape index (κ3) is 2.01. The lowest BCUT2D eigenvalue weighted by atomic mass is 10.4. The summed E-state index contributed by atoms with van der Waals surface area (Å²) in [4.78, 5) is 4.08. The Bertz CT molecular complexity index is 399. The van der Waals surface area contributed by atoms with Crippen LogP contribution in [0, 0.1) is 0 Å². The van der Waals surface area contributed by atoms with E-state index in [-0.39, 0.29) is 0 Å². The number of nitrogens with one attached hydrogen (secondary N) is 1. The van der Waals surface area contributed by atoms with Gasteiger partial charge in [0.05, 0.1) is 12.7 Å². The van der Waals surface area contributed by atoms with Gasteiger partial charge in [-0.05, 0) is 12.1 Å². The first-order valence-electron chi connectivity index (χ1n) is 4.20. The number of hydrogen-bond acceptors (Lipinski definition) is 5. The molecule has 0 aromatic carbocycles. The van der Waals surface area contributed by atoms with E-state index in [1.807, 2.05) is 12.1 Å². The van der Waals surface area contributed by atoms with Gasteiger partial charge < -0.3 is 15.6 Å². The van der Waals surface area contributed by atoms with Gasteiger partial charge in [0.1, 0.15) is 11.6 Å². The molecule has 0 saturated carbocycles. The molecule has 0 aliphatic rings. The van der Waals surface area contributed by atoms with Gasteiger partial charge in [0.25, 0.3) is 0 Å². The fourth-order valence-corrected chi connectivity index (χ4v) is 1.06. The molecule has 0 saturated heterocycles. The average Bonchev–Trinajstić information content (AvgIpc) is 2.67. The highest BCUT2D eigenvalue weighted by atomic mass is 16.5. The Morgan fingerprint density at radius 1 is 1.36 bits per heavy atom. The second-order valence-electron chi connectivity index (χ2n) is 2.78. The van der Waals surface area contributed by atoms with E-state index in [9.17, 15) is 0 Å². The molecule has 5 heteroatoms. The zero-order valence-corrected chi connectivity index (χ0v) is 7.47. The Hall–Kier alpha value is -2.04. The van der Waals surface area contributed by atoms with Gasteiger partial charge in [0.2, 0.25) is 0 Å². The molecule has 0 radical (unpaired) electrons. The van der Waals surface area contributed by atoms with Gasteiger partial charge in [-0.2, -0.15) is 0 Å². The minimum Gasteiger partial charge on any atom is -0.384 e. The zero-order chi connectivity index (χ0) is 9.80. The van der Waals surface area contributed by atoms with Crippen molar-refractivity contribution in [1.29, 1.82) is 0 Å². The molecular weight excluding hydrogens is 180 g/mol. The van der Waals surface area contributed by atoms with Crippen LogP contribution in [-0.2, 0) is 6.54 Å². The quantitative estimate of drug-likeness (QED) is 0.762. The molecule has 3 N–H and O–H groups in total. The van der Waals surface area contributed by atoms with Gasteiger partial charge in [-0.25, -0.2) is 4.98 Å². The molecule has 0 aliphatic heterocycles. The topological polar surface area (TPSA) is 77.0 Å². The van der Waals surface area contributed by atoms with Crippen LogP contribution < -0.4 is 11.1 Å². The summed E-state index contributed by atoms with van der Waals surface area (Å²) < 4.78 is 4.91. The lowest BCUT2D eigenvalue weighted by Gasteiger charge is -2.02. The van der Waals surface area contributed by atoms with Crippen molar-refractivity contribution < 1.29 is 4.52 Å². The molecular formula is C9H10N4O. The van der Waals surface area contributed by atoms with Crippen molar-refractivity contribution in [3.8, 4) is 0 Å². The van der Waals surface area contributed by atoms with Crippen LogP contribution in [0.15, 0.2) is 35.0 Å². The van der Waals surface area contributed by atoms with Gasteiger partial charge in [-0.15, -0.1) is 0 Å². The number of aromatic nitrogens is 2. The third-order valence-electron chi connectivity index (χ3n) is 1.71. The van der Waals surface area contributed by atoms with E-state index in [1.165, 1.54) is 0 Å². The number of anilines is 2. The average molecular weight is 190 g/mol. The zero-order valence-electron chi connectivity index (χ0n) is 7.47. The minimum atomic E-state index is 0.493. The van der Waals surface area contributed by atoms with Crippen molar-refractivity contribution in [1.82, 2.24) is 10.1 Å². The normalized spacial score (nSPS) is 10.0. The summed E-state index contributed by atoms with van der Waals surface area (Å²) in [5, 5.41) is 6.65. The molecule has 0 atom stereocenters. The van der Waals surface area contributed by atoms with Gasteiger partial charge in [-0.3, -0.25) is 0 Å². The summed E-state index contributed by atoms with van der Waals surface area (Å²) in [5.41, 5.74) is 5.52. The number of nitrogens with zero attached hydrogens (tertiary/aromatic N) is 2. The standard InChI is InChI=1S/C9H10N4O/c10-8-2-1-3-9(13-8)11-6-7-4-5-12-14-7/h1-5H,6H2,(H3,10,11,13). The minimum absolute atomic E-state index is 0.493. The maximum absolute atomic E-state index is 5.52. The molecule has 2 rings (SSSR count). The van der Waals surface area contributed by atoms with Gasteiger partial charge in [0, 0.05) is 6.07 Å². The molecule has 0 spiro atoms. The largest absolute Gasteiger partial charge is 0.384 e. The second-order valence-corrected chi connectivity index (χ2v) is 2.78. The van der Waals surface area contributed by atoms with Crippen molar-refractivity contribution in [2.24, 2.45) is 0 Å². The first kappa shape index (κ1) is 8.55. The molecule has 2 heterocycles. The Morgan fingerprint density at radius 3 is 3.00 bits per heavy atom. The van der Waals surface area contributed by atoms with Crippen molar-refractivity contribution in [2.75, 3.05) is 11.1 Å². The summed E-state index contributed by atoms with van der Waals surface area (Å²) >= 11 is 0. The number of nitrogen functional groups attached to an aromatic ring is 1. The van der Waals surface area contributed by atoms with Crippen LogP contribution in [0.2, 0.25) is 0 Å². The first-order valence-corrected chi connectivity index (χ1v) is 4.20. The van der Waals surface area contributed by atoms with E-state index < -0.39 is 0 Å². The predicted molar refractivity (Wildman–Crippen MR) is 52.5 cm³/mol. The molecule has 0 aliphatic carbocycles. The fraction of sp³-hybridized carbons (Fsp3) is 0.111. The van der Waals surface area contributed by atoms with E-state index in [2.05, 4.69) is 15.5 Å². The highest BCUT2D eigenvalue weighted by molar-refractivity contribution is 5.42. The highest BCUT2D eigenvalue weighted by Gasteiger charge is 1.97. The molecule has 0 bridgehead atoms. The monoisotopic (exact) mass is 190 g/mol. The summed E-state index contributed by atoms with van der Waals surface area (Å²) in [7, 11) is 0. The van der Waals surface area contributed by atoms with Gasteiger partial charge in [0.15, 0.2) is 5.76 Å². The lowest BCUT2D eigenvalue weighted by Crippen LogP contribution is -2.01. The molecule has 2 aromatic heterocycles. The summed E-state index contributed by atoms with van der Waals surface area (Å²) in [6.45, 7) is 0.552. The lowest BCUT2D eigenvalue weighted by molar-refractivity contribution is 0.388. The molecule has 0 unspecified atom stereocenters. The second kappa shape index (κ2) is 3.78. The number of pyridine rings is 1. The summed E-state index contributed by atoms with van der Waals surface area (Å²) in [6, 6.07) is 7.21. The van der Waals surface area contributed by atoms with Crippen LogP contribution in [0.25, 0.3) is 0 Å². The van der Waals surface area contributed by atoms with Crippen LogP contribution in [0.5, 0.6) is 0 Å². The van der Waals surface area contributed by atoms with Crippen LogP contribution >= 0.6 is 0 Å². The summed E-state index contributed by atoms with van der Waals surface area (Å²) in [5.74, 6) is 1.98. The van der Waals surface area contributed by atoms with Gasteiger partial charge in [-0.1, -0.05) is 11.2 Å². The van der Waals surface area contributed by atoms with E-state index in [0.717, 1.165) is 11.6 Å². The fourth-order valence-electron chi connectivity index (χ4n) is 1.06. The van der Waals surface area contributed by atoms with Gasteiger partial charge >= 0.3 is 0 Å². The van der Waals surface area contributed by atoms with Crippen LogP contribution in [0.3, 0.4) is 0 Å². The molecule has 0 fully saturated rings. The number of nitrogens with two attached hydrogens (primary N) is 1. The molecule has 14 heavy (non-hydrogen) atoms. The maximum atomic E-state index is 5.52. The molecule has 2 aromatic rings. The van der Waals surface area contributed by atoms with E-state index in [0.29, 0.717) is 12.4 Å². The van der Waals surface area contributed by atoms with E-state index >= 15 is 0 Å². The third-order valence-corrected chi connectivity index (χ3v) is 1.71. The van der Waals surface area contributed by atoms with E-state index in [4.69, 9.17) is 10.3 Å². The van der Waals surface area contributed by atoms with Crippen molar-refractivity contribution in [3.63, 3.8) is 0 Å². The summed E-state index contributed by atoms with van der Waals surface area (Å²) in [6.07, 6.45) is 1.60. The number of hydrogen-bond donors (Lipinski definition) is 2. The Balaban J connectivity index is 1.98.